The predicted molar refractivity (Wildman–Crippen MR) is 106 cm³/mol. The van der Waals surface area contributed by atoms with Gasteiger partial charge in [0.25, 0.3) is 5.69 Å². The summed E-state index contributed by atoms with van der Waals surface area (Å²) < 4.78 is 0. The second-order valence-electron chi connectivity index (χ2n) is 6.35. The number of nitro benzene ring substituents is 1. The molecule has 0 saturated heterocycles. The van der Waals surface area contributed by atoms with E-state index < -0.39 is 0 Å². The summed E-state index contributed by atoms with van der Waals surface area (Å²) >= 11 is 5.48. The molecule has 0 amide bonds. The Morgan fingerprint density at radius 2 is 1.76 bits per heavy atom. The number of non-ortho nitro benzene ring substituents is 1. The van der Waals surface area contributed by atoms with Gasteiger partial charge in [0.05, 0.1) is 11.0 Å². The first kappa shape index (κ1) is 18.9. The van der Waals surface area contributed by atoms with Crippen LogP contribution in [0.3, 0.4) is 0 Å². The van der Waals surface area contributed by atoms with Crippen molar-refractivity contribution in [2.75, 3.05) is 12.4 Å². The fraction of sp³-hybridized carbons (Fsp3) is 0.316. The molecule has 0 fully saturated rings. The van der Waals surface area contributed by atoms with Crippen LogP contribution < -0.4 is 5.32 Å². The van der Waals surface area contributed by atoms with Gasteiger partial charge in [-0.3, -0.25) is 10.1 Å². The summed E-state index contributed by atoms with van der Waals surface area (Å²) in [5.41, 5.74) is 3.12. The second-order valence-corrected chi connectivity index (χ2v) is 6.73. The normalized spacial score (nSPS) is 11.9. The van der Waals surface area contributed by atoms with Crippen molar-refractivity contribution in [2.45, 2.75) is 32.7 Å². The first-order valence-corrected chi connectivity index (χ1v) is 8.58. The minimum atomic E-state index is -0.386. The average Bonchev–Trinajstić information content (AvgIpc) is 2.60. The summed E-state index contributed by atoms with van der Waals surface area (Å²) in [5, 5.41) is 14.7. The zero-order valence-corrected chi connectivity index (χ0v) is 15.7. The van der Waals surface area contributed by atoms with Gasteiger partial charge in [-0.15, -0.1) is 0 Å². The van der Waals surface area contributed by atoms with Crippen LogP contribution >= 0.6 is 12.2 Å². The van der Waals surface area contributed by atoms with Crippen LogP contribution in [0.25, 0.3) is 0 Å². The van der Waals surface area contributed by atoms with Crippen molar-refractivity contribution in [2.24, 2.45) is 0 Å². The highest BCUT2D eigenvalue weighted by atomic mass is 32.1. The fourth-order valence-electron chi connectivity index (χ4n) is 2.46. The van der Waals surface area contributed by atoms with Gasteiger partial charge in [0.2, 0.25) is 0 Å². The number of anilines is 1. The Kier molecular flexibility index (Phi) is 6.09. The number of thiocarbonyl (C=S) groups is 1. The molecule has 6 heteroatoms. The first-order chi connectivity index (χ1) is 11.8. The number of nitro groups is 1. The lowest BCUT2D eigenvalue weighted by Gasteiger charge is -2.28. The molecule has 1 atom stereocenters. The zero-order valence-electron chi connectivity index (χ0n) is 14.9. The molecule has 0 spiro atoms. The molecule has 2 rings (SSSR count). The van der Waals surface area contributed by atoms with E-state index in [1.54, 1.807) is 12.1 Å². The van der Waals surface area contributed by atoms with Crippen molar-refractivity contribution >= 4 is 28.7 Å². The van der Waals surface area contributed by atoms with Gasteiger partial charge in [-0.05, 0) is 48.3 Å². The highest BCUT2D eigenvalue weighted by Crippen LogP contribution is 2.24. The topological polar surface area (TPSA) is 58.4 Å². The van der Waals surface area contributed by atoms with Crippen LogP contribution in [-0.4, -0.2) is 22.0 Å². The number of rotatable bonds is 5. The fourth-order valence-corrected chi connectivity index (χ4v) is 2.74. The SMILES string of the molecule is CC(C)c1ccc(NC(=S)N(C)[C@H](C)c2cccc([N+](=O)[O-])c2)cc1. The van der Waals surface area contributed by atoms with E-state index in [4.69, 9.17) is 12.2 Å². The Morgan fingerprint density at radius 1 is 1.12 bits per heavy atom. The van der Waals surface area contributed by atoms with Crippen molar-refractivity contribution in [3.05, 3.63) is 69.8 Å². The van der Waals surface area contributed by atoms with Gasteiger partial charge in [0.1, 0.15) is 0 Å². The zero-order chi connectivity index (χ0) is 18.6. The van der Waals surface area contributed by atoms with Crippen molar-refractivity contribution < 1.29 is 4.92 Å². The quantitative estimate of drug-likeness (QED) is 0.458. The van der Waals surface area contributed by atoms with E-state index in [1.165, 1.54) is 11.6 Å². The van der Waals surface area contributed by atoms with E-state index in [0.717, 1.165) is 11.3 Å². The summed E-state index contributed by atoms with van der Waals surface area (Å²) in [5.74, 6) is 0.484. The molecule has 0 saturated carbocycles. The molecule has 0 aliphatic heterocycles. The van der Waals surface area contributed by atoms with E-state index in [9.17, 15) is 10.1 Å². The molecule has 0 aromatic heterocycles. The summed E-state index contributed by atoms with van der Waals surface area (Å²) in [6.07, 6.45) is 0. The summed E-state index contributed by atoms with van der Waals surface area (Å²) in [7, 11) is 1.88. The van der Waals surface area contributed by atoms with Crippen LogP contribution in [0.4, 0.5) is 11.4 Å². The van der Waals surface area contributed by atoms with Gasteiger partial charge in [0.15, 0.2) is 5.11 Å². The maximum absolute atomic E-state index is 10.9. The molecule has 0 radical (unpaired) electrons. The van der Waals surface area contributed by atoms with E-state index in [-0.39, 0.29) is 16.7 Å². The number of hydrogen-bond donors (Lipinski definition) is 1. The van der Waals surface area contributed by atoms with Crippen LogP contribution in [0, 0.1) is 10.1 Å². The lowest BCUT2D eigenvalue weighted by molar-refractivity contribution is -0.384. The third-order valence-corrected chi connectivity index (χ3v) is 4.68. The number of nitrogens with zero attached hydrogens (tertiary/aromatic N) is 2. The largest absolute Gasteiger partial charge is 0.345 e. The van der Waals surface area contributed by atoms with Crippen molar-refractivity contribution in [1.82, 2.24) is 4.90 Å². The maximum Gasteiger partial charge on any atom is 0.269 e. The highest BCUT2D eigenvalue weighted by Gasteiger charge is 2.17. The van der Waals surface area contributed by atoms with E-state index >= 15 is 0 Å². The van der Waals surface area contributed by atoms with Crippen molar-refractivity contribution in [3.8, 4) is 0 Å². The molecule has 0 unspecified atom stereocenters. The smallest absolute Gasteiger partial charge is 0.269 e. The monoisotopic (exact) mass is 357 g/mol. The average molecular weight is 357 g/mol. The number of nitrogens with one attached hydrogen (secondary N) is 1. The molecule has 2 aromatic carbocycles. The molecule has 25 heavy (non-hydrogen) atoms. The summed E-state index contributed by atoms with van der Waals surface area (Å²) in [4.78, 5) is 12.5. The molecular weight excluding hydrogens is 334 g/mol. The van der Waals surface area contributed by atoms with Gasteiger partial charge in [-0.2, -0.15) is 0 Å². The number of benzene rings is 2. The molecule has 0 aliphatic carbocycles. The minimum absolute atomic E-state index is 0.0842. The Hall–Kier alpha value is -2.47. The summed E-state index contributed by atoms with van der Waals surface area (Å²) in [6.45, 7) is 6.28. The Morgan fingerprint density at radius 3 is 2.32 bits per heavy atom. The molecule has 0 heterocycles. The Labute approximate surface area is 153 Å². The standard InChI is InChI=1S/C19H23N3O2S/c1-13(2)15-8-10-17(11-9-15)20-19(25)21(4)14(3)16-6-5-7-18(12-16)22(23)24/h5-14H,1-4H3,(H,20,25)/t14-/m1/s1. The molecule has 0 bridgehead atoms. The molecule has 0 aliphatic rings. The van der Waals surface area contributed by atoms with Gasteiger partial charge in [-0.25, -0.2) is 0 Å². The second kappa shape index (κ2) is 8.07. The predicted octanol–water partition coefficient (Wildman–Crippen LogP) is 5.11. The first-order valence-electron chi connectivity index (χ1n) is 8.17. The lowest BCUT2D eigenvalue weighted by atomic mass is 10.0. The number of hydrogen-bond acceptors (Lipinski definition) is 3. The lowest BCUT2D eigenvalue weighted by Crippen LogP contribution is -2.33. The molecule has 2 aromatic rings. The van der Waals surface area contributed by atoms with Gasteiger partial charge in [-0.1, -0.05) is 38.1 Å². The van der Waals surface area contributed by atoms with E-state index in [0.29, 0.717) is 11.0 Å². The highest BCUT2D eigenvalue weighted by molar-refractivity contribution is 7.80. The van der Waals surface area contributed by atoms with Crippen LogP contribution in [0.5, 0.6) is 0 Å². The van der Waals surface area contributed by atoms with Crippen molar-refractivity contribution in [3.63, 3.8) is 0 Å². The minimum Gasteiger partial charge on any atom is -0.345 e. The van der Waals surface area contributed by atoms with E-state index in [2.05, 4.69) is 31.3 Å². The summed E-state index contributed by atoms with van der Waals surface area (Å²) in [6, 6.07) is 14.7. The molecule has 132 valence electrons. The third kappa shape index (κ3) is 4.76. The third-order valence-electron chi connectivity index (χ3n) is 4.29. The van der Waals surface area contributed by atoms with Crippen LogP contribution in [0.15, 0.2) is 48.5 Å². The Balaban J connectivity index is 2.08. The van der Waals surface area contributed by atoms with Crippen LogP contribution in [0.1, 0.15) is 43.9 Å². The van der Waals surface area contributed by atoms with Gasteiger partial charge < -0.3 is 10.2 Å². The molecule has 5 nitrogen and oxygen atoms in total. The van der Waals surface area contributed by atoms with Crippen LogP contribution in [-0.2, 0) is 0 Å². The molecule has 1 N–H and O–H groups in total. The maximum atomic E-state index is 10.9. The van der Waals surface area contributed by atoms with Crippen LogP contribution in [0.2, 0.25) is 0 Å². The van der Waals surface area contributed by atoms with Gasteiger partial charge in [0, 0.05) is 24.9 Å². The van der Waals surface area contributed by atoms with Gasteiger partial charge >= 0.3 is 0 Å². The van der Waals surface area contributed by atoms with E-state index in [1.807, 2.05) is 37.1 Å². The Bertz CT molecular complexity index is 760. The van der Waals surface area contributed by atoms with Crippen molar-refractivity contribution in [1.29, 1.82) is 0 Å². The molecular formula is C19H23N3O2S.